The molecule has 2 aromatic rings. The summed E-state index contributed by atoms with van der Waals surface area (Å²) in [7, 11) is 0. The number of nitrogens with zero attached hydrogens (tertiary/aromatic N) is 3. The maximum Gasteiger partial charge on any atom is 0.221 e. The molecule has 6 heteroatoms. The van der Waals surface area contributed by atoms with E-state index in [4.69, 9.17) is 0 Å². The fourth-order valence-corrected chi connectivity index (χ4v) is 3.20. The molecule has 0 spiro atoms. The summed E-state index contributed by atoms with van der Waals surface area (Å²) in [6.45, 7) is 7.77. The van der Waals surface area contributed by atoms with E-state index in [0.29, 0.717) is 5.92 Å². The van der Waals surface area contributed by atoms with Crippen LogP contribution in [0.2, 0.25) is 0 Å². The van der Waals surface area contributed by atoms with Crippen LogP contribution in [0.4, 0.5) is 23.0 Å². The van der Waals surface area contributed by atoms with Crippen molar-refractivity contribution in [2.75, 3.05) is 28.6 Å². The summed E-state index contributed by atoms with van der Waals surface area (Å²) in [6.07, 6.45) is 2.48. The van der Waals surface area contributed by atoms with Gasteiger partial charge in [0.05, 0.1) is 0 Å². The molecule has 6 nitrogen and oxygen atoms in total. The van der Waals surface area contributed by atoms with E-state index in [0.717, 1.165) is 41.9 Å². The van der Waals surface area contributed by atoms with Crippen LogP contribution in [0.5, 0.6) is 0 Å². The van der Waals surface area contributed by atoms with E-state index < -0.39 is 0 Å². The molecule has 1 fully saturated rings. The molecule has 1 amide bonds. The number of anilines is 4. The van der Waals surface area contributed by atoms with E-state index in [1.807, 2.05) is 37.3 Å². The van der Waals surface area contributed by atoms with Crippen molar-refractivity contribution in [3.8, 4) is 0 Å². The van der Waals surface area contributed by atoms with Gasteiger partial charge in [0, 0.05) is 37.5 Å². The lowest BCUT2D eigenvalue weighted by molar-refractivity contribution is -0.114. The first-order valence-electron chi connectivity index (χ1n) is 8.75. The Balaban J connectivity index is 1.79. The molecule has 1 unspecified atom stereocenters. The van der Waals surface area contributed by atoms with Gasteiger partial charge in [0.25, 0.3) is 0 Å². The standard InChI is InChI=1S/C19H25N5O/c1-13-6-5-9-24(12-13)19-11-18(20-14(2)21-19)23-17-8-4-7-16(10-17)22-15(3)25/h4,7-8,10-11,13H,5-6,9,12H2,1-3H3,(H,22,25)(H,20,21,23). The summed E-state index contributed by atoms with van der Waals surface area (Å²) in [6, 6.07) is 9.59. The summed E-state index contributed by atoms with van der Waals surface area (Å²) in [4.78, 5) is 22.7. The number of hydrogen-bond acceptors (Lipinski definition) is 5. The lowest BCUT2D eigenvalue weighted by Crippen LogP contribution is -2.35. The van der Waals surface area contributed by atoms with Crippen LogP contribution < -0.4 is 15.5 Å². The van der Waals surface area contributed by atoms with Crippen molar-refractivity contribution in [2.24, 2.45) is 5.92 Å². The van der Waals surface area contributed by atoms with Gasteiger partial charge in [0.2, 0.25) is 5.91 Å². The highest BCUT2D eigenvalue weighted by atomic mass is 16.1. The number of piperidine rings is 1. The van der Waals surface area contributed by atoms with Gasteiger partial charge in [0.15, 0.2) is 0 Å². The van der Waals surface area contributed by atoms with E-state index in [1.54, 1.807) is 0 Å². The number of rotatable bonds is 4. The highest BCUT2D eigenvalue weighted by Gasteiger charge is 2.18. The Bertz CT molecular complexity index is 761. The molecule has 1 aliphatic heterocycles. The van der Waals surface area contributed by atoms with E-state index in [-0.39, 0.29) is 5.91 Å². The predicted octanol–water partition coefficient (Wildman–Crippen LogP) is 3.72. The van der Waals surface area contributed by atoms with Crippen molar-refractivity contribution in [1.82, 2.24) is 9.97 Å². The van der Waals surface area contributed by atoms with Crippen LogP contribution in [0.1, 0.15) is 32.5 Å². The summed E-state index contributed by atoms with van der Waals surface area (Å²) in [5, 5.41) is 6.11. The minimum Gasteiger partial charge on any atom is -0.356 e. The van der Waals surface area contributed by atoms with Crippen LogP contribution >= 0.6 is 0 Å². The van der Waals surface area contributed by atoms with Crippen LogP contribution in [0.25, 0.3) is 0 Å². The maximum atomic E-state index is 11.2. The van der Waals surface area contributed by atoms with Crippen molar-refractivity contribution in [3.05, 3.63) is 36.2 Å². The second-order valence-electron chi connectivity index (χ2n) is 6.74. The largest absolute Gasteiger partial charge is 0.356 e. The molecule has 1 atom stereocenters. The van der Waals surface area contributed by atoms with E-state index >= 15 is 0 Å². The molecule has 2 heterocycles. The Kier molecular flexibility index (Phi) is 5.16. The number of aryl methyl sites for hydroxylation is 1. The molecule has 0 saturated carbocycles. The average Bonchev–Trinajstić information content (AvgIpc) is 2.54. The molecule has 1 saturated heterocycles. The molecule has 0 radical (unpaired) electrons. The number of hydrogen-bond donors (Lipinski definition) is 2. The summed E-state index contributed by atoms with van der Waals surface area (Å²) < 4.78 is 0. The van der Waals surface area contributed by atoms with Crippen LogP contribution in [-0.2, 0) is 4.79 Å². The normalized spacial score (nSPS) is 17.2. The monoisotopic (exact) mass is 339 g/mol. The fraction of sp³-hybridized carbons (Fsp3) is 0.421. The molecule has 0 bridgehead atoms. The molecule has 2 N–H and O–H groups in total. The second kappa shape index (κ2) is 7.51. The predicted molar refractivity (Wildman–Crippen MR) is 101 cm³/mol. The Hall–Kier alpha value is -2.63. The summed E-state index contributed by atoms with van der Waals surface area (Å²) in [5.74, 6) is 3.09. The van der Waals surface area contributed by atoms with E-state index in [2.05, 4.69) is 32.4 Å². The molecule has 1 aliphatic rings. The van der Waals surface area contributed by atoms with Crippen molar-refractivity contribution in [2.45, 2.75) is 33.6 Å². The molecule has 0 aliphatic carbocycles. The van der Waals surface area contributed by atoms with Gasteiger partial charge < -0.3 is 15.5 Å². The van der Waals surface area contributed by atoms with Crippen LogP contribution in [0, 0.1) is 12.8 Å². The van der Waals surface area contributed by atoms with Gasteiger partial charge in [-0.15, -0.1) is 0 Å². The van der Waals surface area contributed by atoms with Crippen molar-refractivity contribution in [1.29, 1.82) is 0 Å². The van der Waals surface area contributed by atoms with Gasteiger partial charge in [-0.2, -0.15) is 0 Å². The van der Waals surface area contributed by atoms with Gasteiger partial charge in [-0.3, -0.25) is 4.79 Å². The zero-order valence-electron chi connectivity index (χ0n) is 15.0. The van der Waals surface area contributed by atoms with Crippen LogP contribution in [-0.4, -0.2) is 29.0 Å². The van der Waals surface area contributed by atoms with Gasteiger partial charge in [0.1, 0.15) is 17.5 Å². The maximum absolute atomic E-state index is 11.2. The first-order chi connectivity index (χ1) is 12.0. The minimum atomic E-state index is -0.0865. The van der Waals surface area contributed by atoms with Gasteiger partial charge in [-0.25, -0.2) is 9.97 Å². The number of carbonyl (C=O) groups is 1. The third kappa shape index (κ3) is 4.68. The van der Waals surface area contributed by atoms with Crippen molar-refractivity contribution in [3.63, 3.8) is 0 Å². The van der Waals surface area contributed by atoms with E-state index in [1.165, 1.54) is 19.8 Å². The first kappa shape index (κ1) is 17.2. The Morgan fingerprint density at radius 1 is 1.24 bits per heavy atom. The van der Waals surface area contributed by atoms with E-state index in [9.17, 15) is 4.79 Å². The molecule has 132 valence electrons. The number of amides is 1. The number of benzene rings is 1. The third-order valence-corrected chi connectivity index (χ3v) is 4.26. The highest BCUT2D eigenvalue weighted by molar-refractivity contribution is 5.89. The molecule has 1 aromatic carbocycles. The smallest absolute Gasteiger partial charge is 0.221 e. The summed E-state index contributed by atoms with van der Waals surface area (Å²) in [5.41, 5.74) is 1.63. The molecule has 1 aromatic heterocycles. The first-order valence-corrected chi connectivity index (χ1v) is 8.75. The molecular formula is C19H25N5O. The Morgan fingerprint density at radius 3 is 2.80 bits per heavy atom. The van der Waals surface area contributed by atoms with Gasteiger partial charge in [-0.1, -0.05) is 13.0 Å². The molecule has 25 heavy (non-hydrogen) atoms. The zero-order chi connectivity index (χ0) is 17.8. The third-order valence-electron chi connectivity index (χ3n) is 4.26. The van der Waals surface area contributed by atoms with Gasteiger partial charge >= 0.3 is 0 Å². The number of aromatic nitrogens is 2. The van der Waals surface area contributed by atoms with Crippen molar-refractivity contribution < 1.29 is 4.79 Å². The Morgan fingerprint density at radius 2 is 2.04 bits per heavy atom. The topological polar surface area (TPSA) is 70.2 Å². The lowest BCUT2D eigenvalue weighted by atomic mass is 10.0. The Labute approximate surface area is 148 Å². The fourth-order valence-electron chi connectivity index (χ4n) is 3.20. The number of nitrogens with one attached hydrogen (secondary N) is 2. The lowest BCUT2D eigenvalue weighted by Gasteiger charge is -2.32. The molecular weight excluding hydrogens is 314 g/mol. The van der Waals surface area contributed by atoms with Crippen LogP contribution in [0.3, 0.4) is 0 Å². The number of carbonyl (C=O) groups excluding carboxylic acids is 1. The van der Waals surface area contributed by atoms with Crippen molar-refractivity contribution >= 4 is 28.9 Å². The van der Waals surface area contributed by atoms with Crippen LogP contribution in [0.15, 0.2) is 30.3 Å². The molecule has 3 rings (SSSR count). The highest BCUT2D eigenvalue weighted by Crippen LogP contribution is 2.25. The quantitative estimate of drug-likeness (QED) is 0.888. The minimum absolute atomic E-state index is 0.0865. The SMILES string of the molecule is CC(=O)Nc1cccc(Nc2cc(N3CCCC(C)C3)nc(C)n2)c1. The average molecular weight is 339 g/mol. The van der Waals surface area contributed by atoms with Gasteiger partial charge in [-0.05, 0) is 43.9 Å². The second-order valence-corrected chi connectivity index (χ2v) is 6.74. The zero-order valence-corrected chi connectivity index (χ0v) is 15.0. The summed E-state index contributed by atoms with van der Waals surface area (Å²) >= 11 is 0.